The highest BCUT2D eigenvalue weighted by molar-refractivity contribution is 6.31. The summed E-state index contributed by atoms with van der Waals surface area (Å²) in [6.45, 7) is -0.578. The van der Waals surface area contributed by atoms with Crippen LogP contribution in [-0.4, -0.2) is 6.67 Å². The highest BCUT2D eigenvalue weighted by atomic mass is 35.5. The van der Waals surface area contributed by atoms with E-state index in [1.54, 1.807) is 0 Å². The van der Waals surface area contributed by atoms with Crippen LogP contribution >= 0.6 is 11.6 Å². The molecule has 0 amide bonds. The molecule has 0 spiro atoms. The van der Waals surface area contributed by atoms with Gasteiger partial charge in [0.25, 0.3) is 0 Å². The second kappa shape index (κ2) is 4.53. The molecule has 0 aliphatic heterocycles. The molecule has 0 aromatic heterocycles. The van der Waals surface area contributed by atoms with E-state index in [-0.39, 0.29) is 17.0 Å². The second-order valence-corrected chi connectivity index (χ2v) is 3.13. The molecule has 0 heterocycles. The van der Waals surface area contributed by atoms with Crippen molar-refractivity contribution in [3.8, 4) is 0 Å². The summed E-state index contributed by atoms with van der Waals surface area (Å²) in [6.07, 6.45) is 0.0840. The van der Waals surface area contributed by atoms with Gasteiger partial charge in [0.2, 0.25) is 0 Å². The molecule has 1 nitrogen and oxygen atoms in total. The highest BCUT2D eigenvalue weighted by Crippen LogP contribution is 2.26. The average Bonchev–Trinajstić information content (AvgIpc) is 2.04. The van der Waals surface area contributed by atoms with E-state index in [2.05, 4.69) is 0 Å². The predicted octanol–water partition coefficient (Wildman–Crippen LogP) is 2.84. The third-order valence-corrected chi connectivity index (χ3v) is 2.12. The molecule has 0 unspecified atom stereocenters. The van der Waals surface area contributed by atoms with Crippen molar-refractivity contribution < 1.29 is 8.78 Å². The zero-order chi connectivity index (χ0) is 9.84. The Bertz CT molecular complexity index is 271. The van der Waals surface area contributed by atoms with Crippen molar-refractivity contribution in [3.05, 3.63) is 34.6 Å². The van der Waals surface area contributed by atoms with E-state index in [9.17, 15) is 8.78 Å². The third-order valence-electron chi connectivity index (χ3n) is 1.79. The Morgan fingerprint density at radius 2 is 2.15 bits per heavy atom. The molecule has 72 valence electrons. The van der Waals surface area contributed by atoms with Crippen LogP contribution in [0.1, 0.15) is 18.0 Å². The molecule has 0 saturated heterocycles. The van der Waals surface area contributed by atoms with Crippen molar-refractivity contribution in [2.24, 2.45) is 5.73 Å². The normalized spacial score (nSPS) is 12.9. The van der Waals surface area contributed by atoms with E-state index in [0.717, 1.165) is 0 Å². The Labute approximate surface area is 80.5 Å². The van der Waals surface area contributed by atoms with Crippen LogP contribution in [-0.2, 0) is 0 Å². The van der Waals surface area contributed by atoms with E-state index in [0.29, 0.717) is 0 Å². The first kappa shape index (κ1) is 10.4. The number of benzene rings is 1. The van der Waals surface area contributed by atoms with Gasteiger partial charge in [-0.05, 0) is 18.6 Å². The van der Waals surface area contributed by atoms with Gasteiger partial charge >= 0.3 is 0 Å². The second-order valence-electron chi connectivity index (χ2n) is 2.72. The van der Waals surface area contributed by atoms with Crippen molar-refractivity contribution in [2.45, 2.75) is 12.5 Å². The SMILES string of the molecule is N[C@@H](CCF)c1c(F)cccc1Cl. The summed E-state index contributed by atoms with van der Waals surface area (Å²) in [5.41, 5.74) is 5.74. The van der Waals surface area contributed by atoms with Crippen molar-refractivity contribution in [3.63, 3.8) is 0 Å². The summed E-state index contributed by atoms with van der Waals surface area (Å²) < 4.78 is 25.1. The Morgan fingerprint density at radius 1 is 1.46 bits per heavy atom. The van der Waals surface area contributed by atoms with Gasteiger partial charge in [-0.2, -0.15) is 0 Å². The minimum Gasteiger partial charge on any atom is -0.324 e. The van der Waals surface area contributed by atoms with Gasteiger partial charge in [-0.3, -0.25) is 4.39 Å². The predicted molar refractivity (Wildman–Crippen MR) is 48.9 cm³/mol. The minimum absolute atomic E-state index is 0.0840. The van der Waals surface area contributed by atoms with Gasteiger partial charge in [-0.15, -0.1) is 0 Å². The van der Waals surface area contributed by atoms with Crippen LogP contribution in [0.15, 0.2) is 18.2 Å². The minimum atomic E-state index is -0.668. The Morgan fingerprint density at radius 3 is 2.69 bits per heavy atom. The van der Waals surface area contributed by atoms with Crippen LogP contribution in [0.5, 0.6) is 0 Å². The lowest BCUT2D eigenvalue weighted by Crippen LogP contribution is -2.13. The zero-order valence-electron chi connectivity index (χ0n) is 6.93. The van der Waals surface area contributed by atoms with Gasteiger partial charge in [0.1, 0.15) is 5.82 Å². The first-order valence-electron chi connectivity index (χ1n) is 3.92. The van der Waals surface area contributed by atoms with E-state index < -0.39 is 18.5 Å². The summed E-state index contributed by atoms with van der Waals surface area (Å²) in [4.78, 5) is 0. The van der Waals surface area contributed by atoms with Gasteiger partial charge in [0, 0.05) is 16.6 Å². The number of hydrogen-bond acceptors (Lipinski definition) is 1. The quantitative estimate of drug-likeness (QED) is 0.807. The smallest absolute Gasteiger partial charge is 0.129 e. The largest absolute Gasteiger partial charge is 0.324 e. The maximum absolute atomic E-state index is 13.1. The van der Waals surface area contributed by atoms with Gasteiger partial charge in [0.15, 0.2) is 0 Å². The molecule has 0 aliphatic carbocycles. The molecule has 0 bridgehead atoms. The molecule has 1 aromatic rings. The van der Waals surface area contributed by atoms with Crippen LogP contribution in [0.3, 0.4) is 0 Å². The molecule has 0 radical (unpaired) electrons. The van der Waals surface area contributed by atoms with E-state index in [1.807, 2.05) is 0 Å². The zero-order valence-corrected chi connectivity index (χ0v) is 7.69. The molecule has 1 atom stereocenters. The summed E-state index contributed by atoms with van der Waals surface area (Å²) in [5.74, 6) is -0.478. The molecule has 1 aromatic carbocycles. The summed E-state index contributed by atoms with van der Waals surface area (Å²) in [5, 5.41) is 0.251. The molecule has 0 aliphatic rings. The van der Waals surface area contributed by atoms with E-state index in [4.69, 9.17) is 17.3 Å². The van der Waals surface area contributed by atoms with Crippen LogP contribution in [0.25, 0.3) is 0 Å². The van der Waals surface area contributed by atoms with Crippen LogP contribution in [0.4, 0.5) is 8.78 Å². The fourth-order valence-electron chi connectivity index (χ4n) is 1.13. The topological polar surface area (TPSA) is 26.0 Å². The molecule has 1 rings (SSSR count). The Hall–Kier alpha value is -0.670. The molecule has 13 heavy (non-hydrogen) atoms. The summed E-state index contributed by atoms with van der Waals surface area (Å²) in [6, 6.07) is 3.62. The van der Waals surface area contributed by atoms with Crippen LogP contribution in [0.2, 0.25) is 5.02 Å². The molecule has 4 heteroatoms. The molecule has 2 N–H and O–H groups in total. The first-order chi connectivity index (χ1) is 6.16. The van der Waals surface area contributed by atoms with E-state index >= 15 is 0 Å². The number of alkyl halides is 1. The summed E-state index contributed by atoms with van der Waals surface area (Å²) in [7, 11) is 0. The van der Waals surface area contributed by atoms with Gasteiger partial charge in [0.05, 0.1) is 6.67 Å². The van der Waals surface area contributed by atoms with Crippen molar-refractivity contribution in [1.29, 1.82) is 0 Å². The lowest BCUT2D eigenvalue weighted by atomic mass is 10.0. The highest BCUT2D eigenvalue weighted by Gasteiger charge is 2.14. The number of nitrogens with two attached hydrogens (primary N) is 1. The third kappa shape index (κ3) is 2.39. The maximum Gasteiger partial charge on any atom is 0.129 e. The lowest BCUT2D eigenvalue weighted by molar-refractivity contribution is 0.435. The number of rotatable bonds is 3. The Kier molecular flexibility index (Phi) is 3.63. The molecule has 0 saturated carbocycles. The first-order valence-corrected chi connectivity index (χ1v) is 4.30. The van der Waals surface area contributed by atoms with Crippen molar-refractivity contribution >= 4 is 11.6 Å². The van der Waals surface area contributed by atoms with Crippen molar-refractivity contribution in [2.75, 3.05) is 6.67 Å². The van der Waals surface area contributed by atoms with E-state index in [1.165, 1.54) is 18.2 Å². The number of hydrogen-bond donors (Lipinski definition) is 1. The lowest BCUT2D eigenvalue weighted by Gasteiger charge is -2.12. The van der Waals surface area contributed by atoms with Gasteiger partial charge in [-0.1, -0.05) is 17.7 Å². The molecular weight excluding hydrogens is 196 g/mol. The standard InChI is InChI=1S/C9H10ClF2N/c10-6-2-1-3-7(12)9(6)8(13)4-5-11/h1-3,8H,4-5,13H2/t8-/m0/s1. The number of halogens is 3. The molecular formula is C9H10ClF2N. The summed E-state index contributed by atoms with van der Waals surface area (Å²) >= 11 is 5.72. The van der Waals surface area contributed by atoms with Crippen LogP contribution in [0, 0.1) is 5.82 Å². The van der Waals surface area contributed by atoms with Crippen molar-refractivity contribution in [1.82, 2.24) is 0 Å². The molecule has 0 fully saturated rings. The maximum atomic E-state index is 13.1. The Balaban J connectivity index is 2.98. The van der Waals surface area contributed by atoms with Crippen LogP contribution < -0.4 is 5.73 Å². The van der Waals surface area contributed by atoms with Gasteiger partial charge in [-0.25, -0.2) is 4.39 Å². The fraction of sp³-hybridized carbons (Fsp3) is 0.333. The fourth-order valence-corrected chi connectivity index (χ4v) is 1.43. The monoisotopic (exact) mass is 205 g/mol. The van der Waals surface area contributed by atoms with Gasteiger partial charge < -0.3 is 5.73 Å². The average molecular weight is 206 g/mol.